The lowest BCUT2D eigenvalue weighted by atomic mass is 10.0. The van der Waals surface area contributed by atoms with E-state index in [-0.39, 0.29) is 23.8 Å². The van der Waals surface area contributed by atoms with Crippen LogP contribution in [0.2, 0.25) is 0 Å². The Labute approximate surface area is 230 Å². The summed E-state index contributed by atoms with van der Waals surface area (Å²) in [5.41, 5.74) is 1.79. The number of amides is 2. The van der Waals surface area contributed by atoms with E-state index in [4.69, 9.17) is 0 Å². The predicted octanol–water partition coefficient (Wildman–Crippen LogP) is 4.31. The van der Waals surface area contributed by atoms with Gasteiger partial charge < -0.3 is 10.2 Å². The van der Waals surface area contributed by atoms with Crippen molar-refractivity contribution >= 4 is 21.8 Å². The van der Waals surface area contributed by atoms with Crippen LogP contribution in [0.4, 0.5) is 4.39 Å². The number of sulfonamides is 1. The molecule has 0 aliphatic carbocycles. The lowest BCUT2D eigenvalue weighted by molar-refractivity contribution is -0.141. The maximum absolute atomic E-state index is 13.8. The van der Waals surface area contributed by atoms with E-state index in [2.05, 4.69) is 5.32 Å². The second-order valence-electron chi connectivity index (χ2n) is 10.7. The van der Waals surface area contributed by atoms with Crippen molar-refractivity contribution in [1.29, 1.82) is 0 Å². The predicted molar refractivity (Wildman–Crippen MR) is 150 cm³/mol. The van der Waals surface area contributed by atoms with Crippen LogP contribution in [0.1, 0.15) is 37.5 Å². The van der Waals surface area contributed by atoms with Crippen LogP contribution in [0.15, 0.2) is 83.8 Å². The molecule has 7 nitrogen and oxygen atoms in total. The molecule has 3 aromatic rings. The molecule has 3 rings (SSSR count). The van der Waals surface area contributed by atoms with E-state index in [1.165, 1.54) is 36.2 Å². The lowest BCUT2D eigenvalue weighted by Crippen LogP contribution is -2.56. The van der Waals surface area contributed by atoms with Crippen LogP contribution in [0.3, 0.4) is 0 Å². The molecule has 9 heteroatoms. The highest BCUT2D eigenvalue weighted by Crippen LogP contribution is 2.19. The second-order valence-corrected chi connectivity index (χ2v) is 12.7. The number of carbonyl (C=O) groups excluding carboxylic acids is 2. The number of hydrogen-bond acceptors (Lipinski definition) is 4. The van der Waals surface area contributed by atoms with Crippen molar-refractivity contribution in [3.05, 3.63) is 101 Å². The third-order valence-electron chi connectivity index (χ3n) is 6.12. The number of aryl methyl sites for hydroxylation is 1. The quantitative estimate of drug-likeness (QED) is 0.406. The molecule has 2 amide bonds. The van der Waals surface area contributed by atoms with Crippen molar-refractivity contribution in [2.75, 3.05) is 13.6 Å². The molecule has 0 aliphatic heterocycles. The van der Waals surface area contributed by atoms with Crippen LogP contribution in [0, 0.1) is 12.7 Å². The SMILES string of the molecule is Cc1ccc(S(=O)(=O)N(C)CC(=O)N(Cc2ccc(F)cc2)C(Cc2ccccc2)C(=O)NC(C)(C)C)cc1. The van der Waals surface area contributed by atoms with Gasteiger partial charge in [0.15, 0.2) is 0 Å². The lowest BCUT2D eigenvalue weighted by Gasteiger charge is -2.34. The van der Waals surface area contributed by atoms with E-state index in [1.54, 1.807) is 24.3 Å². The summed E-state index contributed by atoms with van der Waals surface area (Å²) in [4.78, 5) is 28.9. The van der Waals surface area contributed by atoms with Gasteiger partial charge in [0, 0.05) is 25.6 Å². The highest BCUT2D eigenvalue weighted by atomic mass is 32.2. The normalized spacial score (nSPS) is 12.7. The molecule has 0 fully saturated rings. The van der Waals surface area contributed by atoms with Crippen LogP contribution in [-0.4, -0.2) is 54.6 Å². The minimum absolute atomic E-state index is 0.00735. The standard InChI is InChI=1S/C30H36FN3O4S/c1-22-11-17-26(18-12-22)39(37,38)33(5)21-28(35)34(20-24-13-15-25(31)16-14-24)27(29(36)32-30(2,3)4)19-23-9-7-6-8-10-23/h6-18,27H,19-21H2,1-5H3,(H,32,36). The molecular formula is C30H36FN3O4S. The molecule has 0 spiro atoms. The fourth-order valence-electron chi connectivity index (χ4n) is 4.05. The summed E-state index contributed by atoms with van der Waals surface area (Å²) >= 11 is 0. The molecule has 208 valence electrons. The summed E-state index contributed by atoms with van der Waals surface area (Å²) in [7, 11) is -2.62. The van der Waals surface area contributed by atoms with Gasteiger partial charge in [-0.25, -0.2) is 12.8 Å². The van der Waals surface area contributed by atoms with Gasteiger partial charge in [0.05, 0.1) is 11.4 Å². The number of rotatable bonds is 10. The Morgan fingerprint density at radius 1 is 0.897 bits per heavy atom. The van der Waals surface area contributed by atoms with Gasteiger partial charge in [-0.2, -0.15) is 4.31 Å². The number of likely N-dealkylation sites (N-methyl/N-ethyl adjacent to an activating group) is 1. The van der Waals surface area contributed by atoms with Gasteiger partial charge in [0.1, 0.15) is 11.9 Å². The van der Waals surface area contributed by atoms with Crippen molar-refractivity contribution in [3.63, 3.8) is 0 Å². The summed E-state index contributed by atoms with van der Waals surface area (Å²) in [5, 5.41) is 2.96. The number of hydrogen-bond donors (Lipinski definition) is 1. The molecule has 0 bridgehead atoms. The Hall–Kier alpha value is -3.56. The van der Waals surface area contributed by atoms with Gasteiger partial charge in [-0.05, 0) is 63.1 Å². The first-order valence-electron chi connectivity index (χ1n) is 12.7. The fraction of sp³-hybridized carbons (Fsp3) is 0.333. The van der Waals surface area contributed by atoms with E-state index in [0.29, 0.717) is 5.56 Å². The number of nitrogens with one attached hydrogen (secondary N) is 1. The summed E-state index contributed by atoms with van der Waals surface area (Å²) in [6.45, 7) is 6.90. The average molecular weight is 554 g/mol. The minimum Gasteiger partial charge on any atom is -0.350 e. The van der Waals surface area contributed by atoms with E-state index in [9.17, 15) is 22.4 Å². The topological polar surface area (TPSA) is 86.8 Å². The van der Waals surface area contributed by atoms with Gasteiger partial charge in [-0.3, -0.25) is 9.59 Å². The maximum Gasteiger partial charge on any atom is 0.243 e. The second kappa shape index (κ2) is 12.5. The van der Waals surface area contributed by atoms with Gasteiger partial charge in [0.25, 0.3) is 0 Å². The number of nitrogens with zero attached hydrogens (tertiary/aromatic N) is 2. The van der Waals surface area contributed by atoms with E-state index < -0.39 is 39.9 Å². The number of carbonyl (C=O) groups is 2. The van der Waals surface area contributed by atoms with E-state index >= 15 is 0 Å². The highest BCUT2D eigenvalue weighted by molar-refractivity contribution is 7.89. The molecule has 1 N–H and O–H groups in total. The Kier molecular flexibility index (Phi) is 9.63. The Morgan fingerprint density at radius 2 is 1.49 bits per heavy atom. The van der Waals surface area contributed by atoms with E-state index in [1.807, 2.05) is 58.0 Å². The monoisotopic (exact) mass is 553 g/mol. The zero-order valence-corrected chi connectivity index (χ0v) is 23.8. The zero-order chi connectivity index (χ0) is 28.8. The molecule has 3 aromatic carbocycles. The van der Waals surface area contributed by atoms with Crippen molar-refractivity contribution in [2.45, 2.75) is 57.1 Å². The summed E-state index contributed by atoms with van der Waals surface area (Å²) in [6.07, 6.45) is 0.212. The Balaban J connectivity index is 1.98. The van der Waals surface area contributed by atoms with Gasteiger partial charge >= 0.3 is 0 Å². The summed E-state index contributed by atoms with van der Waals surface area (Å²) < 4.78 is 41.0. The van der Waals surface area contributed by atoms with Crippen molar-refractivity contribution in [1.82, 2.24) is 14.5 Å². The molecular weight excluding hydrogens is 517 g/mol. The minimum atomic E-state index is -3.96. The van der Waals surface area contributed by atoms with Crippen molar-refractivity contribution < 1.29 is 22.4 Å². The average Bonchev–Trinajstić information content (AvgIpc) is 2.87. The molecule has 0 aromatic heterocycles. The molecule has 1 unspecified atom stereocenters. The first kappa shape index (κ1) is 30.0. The van der Waals surface area contributed by atoms with Crippen molar-refractivity contribution in [3.8, 4) is 0 Å². The Morgan fingerprint density at radius 3 is 2.05 bits per heavy atom. The molecule has 39 heavy (non-hydrogen) atoms. The molecule has 0 heterocycles. The summed E-state index contributed by atoms with van der Waals surface area (Å²) in [6, 6.07) is 20.4. The van der Waals surface area contributed by atoms with Gasteiger partial charge in [-0.15, -0.1) is 0 Å². The third kappa shape index (κ3) is 8.46. The Bertz CT molecular complexity index is 1370. The molecule has 0 radical (unpaired) electrons. The highest BCUT2D eigenvalue weighted by Gasteiger charge is 2.34. The summed E-state index contributed by atoms with van der Waals surface area (Å²) in [5.74, 6) is -1.35. The zero-order valence-electron chi connectivity index (χ0n) is 23.0. The largest absolute Gasteiger partial charge is 0.350 e. The number of halogens is 1. The fourth-order valence-corrected chi connectivity index (χ4v) is 5.17. The van der Waals surface area contributed by atoms with Gasteiger partial charge in [-0.1, -0.05) is 60.2 Å². The molecule has 0 aliphatic rings. The maximum atomic E-state index is 13.8. The third-order valence-corrected chi connectivity index (χ3v) is 7.94. The molecule has 0 saturated carbocycles. The van der Waals surface area contributed by atoms with Crippen LogP contribution >= 0.6 is 0 Å². The first-order valence-corrected chi connectivity index (χ1v) is 14.1. The first-order chi connectivity index (χ1) is 18.3. The van der Waals surface area contributed by atoms with Crippen LogP contribution in [0.25, 0.3) is 0 Å². The number of benzene rings is 3. The molecule has 0 saturated heterocycles. The van der Waals surface area contributed by atoms with E-state index in [0.717, 1.165) is 15.4 Å². The van der Waals surface area contributed by atoms with Gasteiger partial charge in [0.2, 0.25) is 21.8 Å². The van der Waals surface area contributed by atoms with Crippen molar-refractivity contribution in [2.24, 2.45) is 0 Å². The van der Waals surface area contributed by atoms with Crippen LogP contribution in [0.5, 0.6) is 0 Å². The van der Waals surface area contributed by atoms with Crippen LogP contribution in [-0.2, 0) is 32.6 Å². The molecule has 1 atom stereocenters. The smallest absolute Gasteiger partial charge is 0.243 e. The van der Waals surface area contributed by atoms with Crippen LogP contribution < -0.4 is 5.32 Å².